The van der Waals surface area contributed by atoms with Gasteiger partial charge < -0.3 is 11.1 Å². The molecule has 3 N–H and O–H groups in total. The molecule has 3 nitrogen and oxygen atoms in total. The van der Waals surface area contributed by atoms with Gasteiger partial charge in [-0.2, -0.15) is 0 Å². The number of rotatable bonds is 3. The minimum Gasteiger partial charge on any atom is -0.354 e. The van der Waals surface area contributed by atoms with Gasteiger partial charge in [-0.3, -0.25) is 4.79 Å². The third kappa shape index (κ3) is 1.92. The lowest BCUT2D eigenvalue weighted by atomic mass is 10.0. The molecule has 0 aromatic carbocycles. The van der Waals surface area contributed by atoms with Crippen LogP contribution in [0.1, 0.15) is 32.6 Å². The van der Waals surface area contributed by atoms with Crippen LogP contribution < -0.4 is 11.1 Å². The van der Waals surface area contributed by atoms with Gasteiger partial charge in [-0.25, -0.2) is 0 Å². The Kier molecular flexibility index (Phi) is 2.77. The third-order valence-corrected chi connectivity index (χ3v) is 3.56. The van der Waals surface area contributed by atoms with Crippen LogP contribution in [0.2, 0.25) is 0 Å². The summed E-state index contributed by atoms with van der Waals surface area (Å²) in [6.07, 6.45) is 5.17. The van der Waals surface area contributed by atoms with Crippen molar-refractivity contribution in [1.29, 1.82) is 0 Å². The monoisotopic (exact) mass is 196 g/mol. The van der Waals surface area contributed by atoms with Gasteiger partial charge >= 0.3 is 0 Å². The van der Waals surface area contributed by atoms with Crippen molar-refractivity contribution < 1.29 is 4.79 Å². The number of carbonyl (C=O) groups is 1. The molecule has 0 saturated heterocycles. The summed E-state index contributed by atoms with van der Waals surface area (Å²) in [4.78, 5) is 11.7. The average Bonchev–Trinajstić information content (AvgIpc) is 2.88. The second-order valence-corrected chi connectivity index (χ2v) is 4.86. The van der Waals surface area contributed by atoms with Crippen molar-refractivity contribution in [3.8, 4) is 0 Å². The Hall–Kier alpha value is -0.570. The summed E-state index contributed by atoms with van der Waals surface area (Å²) in [6, 6.07) is 0.0692. The largest absolute Gasteiger partial charge is 0.354 e. The van der Waals surface area contributed by atoms with Crippen LogP contribution in [0.15, 0.2) is 0 Å². The molecule has 0 spiro atoms. The van der Waals surface area contributed by atoms with E-state index in [2.05, 4.69) is 5.32 Å². The van der Waals surface area contributed by atoms with Crippen molar-refractivity contribution in [2.75, 3.05) is 6.54 Å². The van der Waals surface area contributed by atoms with E-state index in [1.807, 2.05) is 6.92 Å². The number of fused-ring (bicyclic) bond motifs is 1. The fourth-order valence-corrected chi connectivity index (χ4v) is 2.76. The van der Waals surface area contributed by atoms with E-state index in [1.54, 1.807) is 0 Å². The van der Waals surface area contributed by atoms with Gasteiger partial charge in [0.15, 0.2) is 0 Å². The Balaban J connectivity index is 1.77. The van der Waals surface area contributed by atoms with Gasteiger partial charge in [-0.15, -0.1) is 0 Å². The molecule has 0 bridgehead atoms. The van der Waals surface area contributed by atoms with Crippen LogP contribution in [0, 0.1) is 17.8 Å². The van der Waals surface area contributed by atoms with Gasteiger partial charge in [0, 0.05) is 18.5 Å². The number of hydrogen-bond acceptors (Lipinski definition) is 2. The third-order valence-electron chi connectivity index (χ3n) is 3.56. The molecular formula is C11H20N2O. The number of amides is 1. The standard InChI is InChI=1S/C11H20N2O/c1-7(12)6-13-11(14)10-8-4-2-3-5-9(8)10/h7-10H,2-6,12H2,1H3,(H,13,14). The zero-order valence-corrected chi connectivity index (χ0v) is 8.83. The molecule has 2 rings (SSSR count). The van der Waals surface area contributed by atoms with E-state index < -0.39 is 0 Å². The predicted molar refractivity (Wildman–Crippen MR) is 55.6 cm³/mol. The number of carbonyl (C=O) groups excluding carboxylic acids is 1. The quantitative estimate of drug-likeness (QED) is 0.704. The van der Waals surface area contributed by atoms with Gasteiger partial charge in [-0.05, 0) is 31.6 Å². The zero-order chi connectivity index (χ0) is 10.1. The second-order valence-electron chi connectivity index (χ2n) is 4.86. The first kappa shape index (κ1) is 9.97. The molecule has 0 heterocycles. The highest BCUT2D eigenvalue weighted by Gasteiger charge is 2.54. The second kappa shape index (κ2) is 3.89. The average molecular weight is 196 g/mol. The van der Waals surface area contributed by atoms with Gasteiger partial charge in [0.25, 0.3) is 0 Å². The molecule has 3 heteroatoms. The van der Waals surface area contributed by atoms with Gasteiger partial charge in [0.1, 0.15) is 0 Å². The Morgan fingerprint density at radius 2 is 2.00 bits per heavy atom. The number of hydrogen-bond donors (Lipinski definition) is 2. The van der Waals surface area contributed by atoms with E-state index >= 15 is 0 Å². The number of nitrogens with one attached hydrogen (secondary N) is 1. The molecule has 0 radical (unpaired) electrons. The molecule has 2 aliphatic carbocycles. The highest BCUT2D eigenvalue weighted by Crippen LogP contribution is 2.55. The zero-order valence-electron chi connectivity index (χ0n) is 8.83. The maximum Gasteiger partial charge on any atom is 0.223 e. The molecule has 14 heavy (non-hydrogen) atoms. The summed E-state index contributed by atoms with van der Waals surface area (Å²) in [5.74, 6) is 1.99. The predicted octanol–water partition coefficient (Wildman–Crippen LogP) is 0.886. The summed E-state index contributed by atoms with van der Waals surface area (Å²) in [5.41, 5.74) is 5.59. The molecule has 0 aromatic rings. The normalized spacial score (nSPS) is 37.1. The maximum absolute atomic E-state index is 11.7. The Labute approximate surface area is 85.4 Å². The SMILES string of the molecule is CC(N)CNC(=O)C1C2CCCCC21. The summed E-state index contributed by atoms with van der Waals surface area (Å²) in [7, 11) is 0. The minimum absolute atomic E-state index is 0.0692. The van der Waals surface area contributed by atoms with Gasteiger partial charge in [0.05, 0.1) is 0 Å². The Morgan fingerprint density at radius 3 is 2.50 bits per heavy atom. The molecule has 2 aliphatic rings. The van der Waals surface area contributed by atoms with Crippen molar-refractivity contribution >= 4 is 5.91 Å². The number of nitrogens with two attached hydrogens (primary N) is 1. The lowest BCUT2D eigenvalue weighted by molar-refractivity contribution is -0.122. The first-order valence-electron chi connectivity index (χ1n) is 5.73. The molecule has 2 saturated carbocycles. The fourth-order valence-electron chi connectivity index (χ4n) is 2.76. The van der Waals surface area contributed by atoms with Crippen molar-refractivity contribution in [2.24, 2.45) is 23.5 Å². The lowest BCUT2D eigenvalue weighted by Crippen LogP contribution is -2.36. The van der Waals surface area contributed by atoms with E-state index in [0.29, 0.717) is 24.3 Å². The van der Waals surface area contributed by atoms with Crippen molar-refractivity contribution in [3.63, 3.8) is 0 Å². The maximum atomic E-state index is 11.7. The smallest absolute Gasteiger partial charge is 0.223 e. The lowest BCUT2D eigenvalue weighted by Gasteiger charge is -2.06. The summed E-state index contributed by atoms with van der Waals surface area (Å²) in [6.45, 7) is 2.54. The van der Waals surface area contributed by atoms with Crippen LogP contribution in [0.5, 0.6) is 0 Å². The molecule has 0 aliphatic heterocycles. The van der Waals surface area contributed by atoms with E-state index in [-0.39, 0.29) is 11.9 Å². The van der Waals surface area contributed by atoms with Crippen molar-refractivity contribution in [1.82, 2.24) is 5.32 Å². The minimum atomic E-state index is 0.0692. The van der Waals surface area contributed by atoms with Crippen LogP contribution in [0.25, 0.3) is 0 Å². The molecule has 80 valence electrons. The fraction of sp³-hybridized carbons (Fsp3) is 0.909. The van der Waals surface area contributed by atoms with E-state index in [9.17, 15) is 4.79 Å². The first-order chi connectivity index (χ1) is 6.70. The van der Waals surface area contributed by atoms with E-state index in [1.165, 1.54) is 25.7 Å². The first-order valence-corrected chi connectivity index (χ1v) is 5.73. The summed E-state index contributed by atoms with van der Waals surface area (Å²) >= 11 is 0. The Bertz CT molecular complexity index is 215. The highest BCUT2D eigenvalue weighted by molar-refractivity contribution is 5.82. The molecule has 2 fully saturated rings. The molecule has 3 unspecified atom stereocenters. The summed E-state index contributed by atoms with van der Waals surface area (Å²) < 4.78 is 0. The van der Waals surface area contributed by atoms with Crippen LogP contribution in [0.3, 0.4) is 0 Å². The van der Waals surface area contributed by atoms with Gasteiger partial charge in [0.2, 0.25) is 5.91 Å². The molecule has 0 aromatic heterocycles. The molecular weight excluding hydrogens is 176 g/mol. The van der Waals surface area contributed by atoms with Gasteiger partial charge in [-0.1, -0.05) is 12.8 Å². The molecule has 3 atom stereocenters. The topological polar surface area (TPSA) is 55.1 Å². The van der Waals surface area contributed by atoms with Crippen LogP contribution in [0.4, 0.5) is 0 Å². The Morgan fingerprint density at radius 1 is 1.43 bits per heavy atom. The van der Waals surface area contributed by atoms with E-state index in [4.69, 9.17) is 5.73 Å². The van der Waals surface area contributed by atoms with E-state index in [0.717, 1.165) is 0 Å². The highest BCUT2D eigenvalue weighted by atomic mass is 16.2. The van der Waals surface area contributed by atoms with Crippen molar-refractivity contribution in [2.45, 2.75) is 38.6 Å². The summed E-state index contributed by atoms with van der Waals surface area (Å²) in [5, 5.41) is 2.94. The molecule has 1 amide bonds. The van der Waals surface area contributed by atoms with Crippen LogP contribution in [-0.2, 0) is 4.79 Å². The van der Waals surface area contributed by atoms with Crippen molar-refractivity contribution in [3.05, 3.63) is 0 Å². The van der Waals surface area contributed by atoms with Crippen LogP contribution >= 0.6 is 0 Å². The van der Waals surface area contributed by atoms with Crippen LogP contribution in [-0.4, -0.2) is 18.5 Å².